The van der Waals surface area contributed by atoms with Gasteiger partial charge in [-0.1, -0.05) is 59.1 Å². The van der Waals surface area contributed by atoms with Gasteiger partial charge in [-0.05, 0) is 68.8 Å². The summed E-state index contributed by atoms with van der Waals surface area (Å²) in [6.45, 7) is 5.35. The Morgan fingerprint density at radius 3 is 2.35 bits per heavy atom. The van der Waals surface area contributed by atoms with Crippen molar-refractivity contribution in [3.05, 3.63) is 99.7 Å². The van der Waals surface area contributed by atoms with Gasteiger partial charge in [0.2, 0.25) is 0 Å². The van der Waals surface area contributed by atoms with E-state index in [1.165, 1.54) is 6.92 Å². The van der Waals surface area contributed by atoms with Crippen LogP contribution in [0.1, 0.15) is 36.6 Å². The molecule has 208 valence electrons. The lowest BCUT2D eigenvalue weighted by atomic mass is 9.93. The number of hydrogen-bond donors (Lipinski definition) is 0. The van der Waals surface area contributed by atoms with Crippen LogP contribution >= 0.6 is 23.2 Å². The SMILES string of the molecule is CCOC(=O)[C@H](C)OC(=O)[C@@H](Cc1cc(-c2ccc(Cl)c(Cl)c2)n(-c2ccc(OC)cc2)n1)c1cccc(C)c1. The highest BCUT2D eigenvalue weighted by molar-refractivity contribution is 6.42. The molecule has 7 nitrogen and oxygen atoms in total. The van der Waals surface area contributed by atoms with Crippen LogP contribution in [-0.4, -0.2) is 41.5 Å². The summed E-state index contributed by atoms with van der Waals surface area (Å²) in [6.07, 6.45) is -0.807. The minimum Gasteiger partial charge on any atom is -0.497 e. The van der Waals surface area contributed by atoms with E-state index in [4.69, 9.17) is 42.5 Å². The second kappa shape index (κ2) is 13.0. The van der Waals surface area contributed by atoms with Crippen molar-refractivity contribution in [2.45, 2.75) is 39.2 Å². The molecule has 40 heavy (non-hydrogen) atoms. The number of esters is 2. The number of hydrogen-bond acceptors (Lipinski definition) is 6. The number of halogens is 2. The van der Waals surface area contributed by atoms with Gasteiger partial charge in [-0.25, -0.2) is 9.48 Å². The predicted molar refractivity (Wildman–Crippen MR) is 155 cm³/mol. The minimum absolute atomic E-state index is 0.197. The van der Waals surface area contributed by atoms with E-state index < -0.39 is 24.0 Å². The van der Waals surface area contributed by atoms with E-state index in [0.717, 1.165) is 28.1 Å². The quantitative estimate of drug-likeness (QED) is 0.188. The third-order valence-electron chi connectivity index (χ3n) is 6.35. The normalized spacial score (nSPS) is 12.4. The minimum atomic E-state index is -1.04. The zero-order valence-corrected chi connectivity index (χ0v) is 24.2. The van der Waals surface area contributed by atoms with Gasteiger partial charge < -0.3 is 14.2 Å². The molecule has 0 spiro atoms. The molecule has 0 amide bonds. The maximum Gasteiger partial charge on any atom is 0.347 e. The Morgan fingerprint density at radius 1 is 0.950 bits per heavy atom. The first-order chi connectivity index (χ1) is 19.2. The number of methoxy groups -OCH3 is 1. The highest BCUT2D eigenvalue weighted by atomic mass is 35.5. The van der Waals surface area contributed by atoms with Crippen molar-refractivity contribution in [3.8, 4) is 22.7 Å². The Bertz CT molecular complexity index is 1500. The van der Waals surface area contributed by atoms with Crippen LogP contribution < -0.4 is 4.74 Å². The fraction of sp³-hybridized carbons (Fsp3) is 0.258. The first-order valence-corrected chi connectivity index (χ1v) is 13.6. The van der Waals surface area contributed by atoms with E-state index in [2.05, 4.69) is 0 Å². The third-order valence-corrected chi connectivity index (χ3v) is 7.09. The largest absolute Gasteiger partial charge is 0.497 e. The lowest BCUT2D eigenvalue weighted by Crippen LogP contribution is -2.29. The molecule has 0 fully saturated rings. The first kappa shape index (κ1) is 29.2. The standard InChI is InChI=1S/C31H30Cl2N2O5/c1-5-39-30(36)20(3)40-31(37)26(21-8-6-7-19(2)15-21)17-23-18-29(22-9-14-27(32)28(33)16-22)35(34-23)24-10-12-25(38-4)13-11-24/h6-16,18,20,26H,5,17H2,1-4H3/t20-,26-/m0/s1. The van der Waals surface area contributed by atoms with Crippen molar-refractivity contribution in [1.29, 1.82) is 0 Å². The van der Waals surface area contributed by atoms with Crippen LogP contribution in [0.5, 0.6) is 5.75 Å². The van der Waals surface area contributed by atoms with Gasteiger partial charge in [0.15, 0.2) is 6.10 Å². The molecular weight excluding hydrogens is 551 g/mol. The summed E-state index contributed by atoms with van der Waals surface area (Å²) >= 11 is 12.5. The summed E-state index contributed by atoms with van der Waals surface area (Å²) in [5, 5.41) is 5.74. The highest BCUT2D eigenvalue weighted by Gasteiger charge is 2.29. The van der Waals surface area contributed by atoms with E-state index in [0.29, 0.717) is 21.5 Å². The van der Waals surface area contributed by atoms with Crippen molar-refractivity contribution in [2.75, 3.05) is 13.7 Å². The Balaban J connectivity index is 1.75. The van der Waals surface area contributed by atoms with Crippen LogP contribution in [0.25, 0.3) is 16.9 Å². The fourth-order valence-electron chi connectivity index (χ4n) is 4.31. The van der Waals surface area contributed by atoms with Crippen LogP contribution in [0.3, 0.4) is 0 Å². The molecule has 4 aromatic rings. The number of nitrogens with zero attached hydrogens (tertiary/aromatic N) is 2. The summed E-state index contributed by atoms with van der Waals surface area (Å²) in [5.74, 6) is -1.13. The van der Waals surface area contributed by atoms with Gasteiger partial charge in [-0.15, -0.1) is 0 Å². The molecule has 9 heteroatoms. The zero-order chi connectivity index (χ0) is 28.8. The average molecular weight is 581 g/mol. The van der Waals surface area contributed by atoms with Gasteiger partial charge in [0, 0.05) is 12.0 Å². The number of carbonyl (C=O) groups is 2. The summed E-state index contributed by atoms with van der Waals surface area (Å²) in [5.41, 5.74) is 4.75. The predicted octanol–water partition coefficient (Wildman–Crippen LogP) is 6.98. The first-order valence-electron chi connectivity index (χ1n) is 12.8. The van der Waals surface area contributed by atoms with Crippen LogP contribution in [0.15, 0.2) is 72.8 Å². The Morgan fingerprint density at radius 2 is 1.70 bits per heavy atom. The van der Waals surface area contributed by atoms with Crippen molar-refractivity contribution in [1.82, 2.24) is 9.78 Å². The smallest absolute Gasteiger partial charge is 0.347 e. The van der Waals surface area contributed by atoms with Crippen LogP contribution in [0.4, 0.5) is 0 Å². The monoisotopic (exact) mass is 580 g/mol. The molecule has 2 atom stereocenters. The molecule has 0 unspecified atom stereocenters. The molecule has 1 heterocycles. The van der Waals surface area contributed by atoms with Crippen LogP contribution in [0, 0.1) is 6.92 Å². The van der Waals surface area contributed by atoms with Crippen molar-refractivity contribution in [2.24, 2.45) is 0 Å². The Hall–Kier alpha value is -3.81. The number of ether oxygens (including phenoxy) is 3. The number of aromatic nitrogens is 2. The molecule has 0 radical (unpaired) electrons. The summed E-state index contributed by atoms with van der Waals surface area (Å²) < 4.78 is 17.7. The molecule has 1 aromatic heterocycles. The maximum absolute atomic E-state index is 13.5. The molecule has 0 aliphatic carbocycles. The van der Waals surface area contributed by atoms with E-state index in [9.17, 15) is 9.59 Å². The third kappa shape index (κ3) is 6.84. The number of rotatable bonds is 10. The lowest BCUT2D eigenvalue weighted by Gasteiger charge is -2.19. The van der Waals surface area contributed by atoms with E-state index >= 15 is 0 Å². The Kier molecular flexibility index (Phi) is 9.50. The van der Waals surface area contributed by atoms with Gasteiger partial charge in [0.25, 0.3) is 0 Å². The number of benzene rings is 3. The fourth-order valence-corrected chi connectivity index (χ4v) is 4.61. The molecular formula is C31H30Cl2N2O5. The Labute approximate surface area is 243 Å². The van der Waals surface area contributed by atoms with Crippen molar-refractivity contribution in [3.63, 3.8) is 0 Å². The molecule has 0 bridgehead atoms. The summed E-state index contributed by atoms with van der Waals surface area (Å²) in [4.78, 5) is 25.6. The molecule has 0 aliphatic heterocycles. The maximum atomic E-state index is 13.5. The van der Waals surface area contributed by atoms with Gasteiger partial charge in [-0.2, -0.15) is 5.10 Å². The van der Waals surface area contributed by atoms with Crippen LogP contribution in [0.2, 0.25) is 10.0 Å². The molecule has 0 N–H and O–H groups in total. The van der Waals surface area contributed by atoms with E-state index in [1.807, 2.05) is 67.6 Å². The van der Waals surface area contributed by atoms with E-state index in [-0.39, 0.29) is 13.0 Å². The highest BCUT2D eigenvalue weighted by Crippen LogP contribution is 2.32. The number of aryl methyl sites for hydroxylation is 1. The average Bonchev–Trinajstić information content (AvgIpc) is 3.37. The van der Waals surface area contributed by atoms with Crippen LogP contribution in [-0.2, 0) is 25.5 Å². The van der Waals surface area contributed by atoms with E-state index in [1.54, 1.807) is 30.8 Å². The second-order valence-electron chi connectivity index (χ2n) is 9.26. The van der Waals surface area contributed by atoms with Gasteiger partial charge >= 0.3 is 11.9 Å². The summed E-state index contributed by atoms with van der Waals surface area (Å²) in [6, 6.07) is 22.4. The zero-order valence-electron chi connectivity index (χ0n) is 22.7. The molecule has 4 rings (SSSR count). The molecule has 0 saturated carbocycles. The number of carbonyl (C=O) groups excluding carboxylic acids is 2. The van der Waals surface area contributed by atoms with Gasteiger partial charge in [-0.3, -0.25) is 4.79 Å². The van der Waals surface area contributed by atoms with Gasteiger partial charge in [0.05, 0.1) is 46.8 Å². The molecule has 3 aromatic carbocycles. The molecule has 0 aliphatic rings. The van der Waals surface area contributed by atoms with Gasteiger partial charge in [0.1, 0.15) is 5.75 Å². The lowest BCUT2D eigenvalue weighted by molar-refractivity contribution is -0.167. The van der Waals surface area contributed by atoms with Crippen molar-refractivity contribution >= 4 is 35.1 Å². The molecule has 0 saturated heterocycles. The van der Waals surface area contributed by atoms with Crippen molar-refractivity contribution < 1.29 is 23.8 Å². The topological polar surface area (TPSA) is 79.7 Å². The second-order valence-corrected chi connectivity index (χ2v) is 10.1. The summed E-state index contributed by atoms with van der Waals surface area (Å²) in [7, 11) is 1.61.